The van der Waals surface area contributed by atoms with Crippen LogP contribution in [0, 0.1) is 0 Å². The van der Waals surface area contributed by atoms with Gasteiger partial charge in [0, 0.05) is 31.7 Å². The number of nitrogens with zero attached hydrogens (tertiary/aromatic N) is 2. The molecule has 9 heteroatoms. The highest BCUT2D eigenvalue weighted by atomic mass is 32.2. The van der Waals surface area contributed by atoms with Gasteiger partial charge in [0.1, 0.15) is 0 Å². The fraction of sp³-hybridized carbons (Fsp3) is 0.467. The molecule has 8 nitrogen and oxygen atoms in total. The molecule has 1 heterocycles. The lowest BCUT2D eigenvalue weighted by Gasteiger charge is -2.21. The number of carbonyl (C=O) groups is 2. The van der Waals surface area contributed by atoms with Crippen molar-refractivity contribution >= 4 is 22.0 Å². The van der Waals surface area contributed by atoms with Gasteiger partial charge in [0.15, 0.2) is 0 Å². The van der Waals surface area contributed by atoms with E-state index in [0.29, 0.717) is 38.2 Å². The molecular weight excluding hydrogens is 334 g/mol. The van der Waals surface area contributed by atoms with E-state index in [0.717, 1.165) is 0 Å². The van der Waals surface area contributed by atoms with E-state index >= 15 is 0 Å². The van der Waals surface area contributed by atoms with Crippen molar-refractivity contribution in [3.8, 4) is 0 Å². The highest BCUT2D eigenvalue weighted by molar-refractivity contribution is 7.89. The van der Waals surface area contributed by atoms with Crippen molar-refractivity contribution in [1.82, 2.24) is 14.5 Å². The number of benzene rings is 1. The van der Waals surface area contributed by atoms with Crippen LogP contribution in [0.2, 0.25) is 0 Å². The molecule has 0 bridgehead atoms. The minimum absolute atomic E-state index is 0.106. The fourth-order valence-corrected chi connectivity index (χ4v) is 3.24. The van der Waals surface area contributed by atoms with E-state index in [1.165, 1.54) is 38.4 Å². The number of carbonyl (C=O) groups excluding carboxylic acids is 2. The first-order chi connectivity index (χ1) is 11.4. The zero-order valence-electron chi connectivity index (χ0n) is 13.7. The summed E-state index contributed by atoms with van der Waals surface area (Å²) < 4.78 is 30.3. The third-order valence-corrected chi connectivity index (χ3v) is 5.33. The topological polar surface area (TPSA) is 96.0 Å². The Kier molecular flexibility index (Phi) is 5.79. The molecule has 1 aliphatic rings. The Labute approximate surface area is 141 Å². The Hall–Kier alpha value is -2.13. The normalized spacial score (nSPS) is 15.8. The van der Waals surface area contributed by atoms with Crippen LogP contribution in [-0.4, -0.2) is 70.6 Å². The van der Waals surface area contributed by atoms with Gasteiger partial charge in [-0.05, 0) is 37.7 Å². The Morgan fingerprint density at radius 2 is 1.62 bits per heavy atom. The molecule has 0 aliphatic carbocycles. The summed E-state index contributed by atoms with van der Waals surface area (Å²) in [5, 5.41) is 0. The third kappa shape index (κ3) is 4.04. The zero-order valence-corrected chi connectivity index (χ0v) is 14.5. The number of nitrogens with one attached hydrogen (secondary N) is 1. The monoisotopic (exact) mass is 355 g/mol. The minimum Gasteiger partial charge on any atom is -0.453 e. The van der Waals surface area contributed by atoms with Crippen LogP contribution >= 0.6 is 0 Å². The van der Waals surface area contributed by atoms with Crippen LogP contribution < -0.4 is 4.72 Å². The van der Waals surface area contributed by atoms with E-state index in [9.17, 15) is 18.0 Å². The summed E-state index contributed by atoms with van der Waals surface area (Å²) in [4.78, 5) is 27.4. The van der Waals surface area contributed by atoms with Crippen molar-refractivity contribution in [3.63, 3.8) is 0 Å². The molecular formula is C15H21N3O5S. The van der Waals surface area contributed by atoms with E-state index in [4.69, 9.17) is 4.74 Å². The second-order valence-corrected chi connectivity index (χ2v) is 7.22. The molecule has 132 valence electrons. The van der Waals surface area contributed by atoms with E-state index in [-0.39, 0.29) is 10.8 Å². The second-order valence-electron chi connectivity index (χ2n) is 5.33. The maximum Gasteiger partial charge on any atom is 0.409 e. The molecule has 0 radical (unpaired) electrons. The van der Waals surface area contributed by atoms with Gasteiger partial charge in [-0.3, -0.25) is 4.79 Å². The van der Waals surface area contributed by atoms with E-state index in [2.05, 4.69) is 4.72 Å². The maximum absolute atomic E-state index is 12.6. The standard InChI is InChI=1S/C15H21N3O5S/c1-16-24(21,22)13-6-4-12(5-7-13)14(19)17-8-3-9-18(11-10-17)15(20)23-2/h4-7,16H,3,8-11H2,1-2H3. The van der Waals surface area contributed by atoms with Gasteiger partial charge in [0.25, 0.3) is 5.91 Å². The quantitative estimate of drug-likeness (QED) is 0.852. The summed E-state index contributed by atoms with van der Waals surface area (Å²) in [5.74, 6) is -0.185. The first-order valence-electron chi connectivity index (χ1n) is 7.55. The fourth-order valence-electron chi connectivity index (χ4n) is 2.51. The number of rotatable bonds is 3. The lowest BCUT2D eigenvalue weighted by Crippen LogP contribution is -2.37. The van der Waals surface area contributed by atoms with Crippen molar-refractivity contribution in [1.29, 1.82) is 0 Å². The molecule has 1 saturated heterocycles. The predicted octanol–water partition coefficient (Wildman–Crippen LogP) is 0.509. The van der Waals surface area contributed by atoms with Gasteiger partial charge in [-0.25, -0.2) is 17.9 Å². The maximum atomic E-state index is 12.6. The number of ether oxygens (including phenoxy) is 1. The molecule has 0 unspecified atom stereocenters. The highest BCUT2D eigenvalue weighted by Gasteiger charge is 2.23. The van der Waals surface area contributed by atoms with Crippen LogP contribution in [0.1, 0.15) is 16.8 Å². The van der Waals surface area contributed by atoms with Crippen molar-refractivity contribution in [3.05, 3.63) is 29.8 Å². The summed E-state index contributed by atoms with van der Waals surface area (Å²) >= 11 is 0. The number of methoxy groups -OCH3 is 1. The molecule has 1 N–H and O–H groups in total. The van der Waals surface area contributed by atoms with Crippen molar-refractivity contribution in [2.75, 3.05) is 40.3 Å². The average molecular weight is 355 g/mol. The van der Waals surface area contributed by atoms with Crippen LogP contribution in [-0.2, 0) is 14.8 Å². The summed E-state index contributed by atoms with van der Waals surface area (Å²) in [6.45, 7) is 1.88. The average Bonchev–Trinajstić information content (AvgIpc) is 2.86. The van der Waals surface area contributed by atoms with Crippen LogP contribution in [0.15, 0.2) is 29.2 Å². The van der Waals surface area contributed by atoms with Crippen molar-refractivity contribution < 1.29 is 22.7 Å². The van der Waals surface area contributed by atoms with E-state index in [1.807, 2.05) is 0 Å². The molecule has 1 fully saturated rings. The molecule has 0 atom stereocenters. The van der Waals surface area contributed by atoms with Crippen LogP contribution in [0.4, 0.5) is 4.79 Å². The lowest BCUT2D eigenvalue weighted by molar-refractivity contribution is 0.0757. The Balaban J connectivity index is 2.07. The SMILES string of the molecule is CNS(=O)(=O)c1ccc(C(=O)N2CCCN(C(=O)OC)CC2)cc1. The zero-order chi connectivity index (χ0) is 17.7. The molecule has 2 amide bonds. The number of hydrogen-bond acceptors (Lipinski definition) is 5. The van der Waals surface area contributed by atoms with Gasteiger partial charge in [0.05, 0.1) is 12.0 Å². The number of sulfonamides is 1. The summed E-state index contributed by atoms with van der Waals surface area (Å²) in [7, 11) is -0.862. The highest BCUT2D eigenvalue weighted by Crippen LogP contribution is 2.14. The summed E-state index contributed by atoms with van der Waals surface area (Å²) in [5.41, 5.74) is 0.413. The molecule has 1 aromatic carbocycles. The molecule has 0 saturated carbocycles. The van der Waals surface area contributed by atoms with Gasteiger partial charge >= 0.3 is 6.09 Å². The Morgan fingerprint density at radius 1 is 1.04 bits per heavy atom. The minimum atomic E-state index is -3.52. The molecule has 0 aromatic heterocycles. The first kappa shape index (κ1) is 18.2. The second kappa shape index (κ2) is 7.63. The molecule has 1 aliphatic heterocycles. The molecule has 2 rings (SSSR count). The molecule has 0 spiro atoms. The lowest BCUT2D eigenvalue weighted by atomic mass is 10.2. The van der Waals surface area contributed by atoms with Crippen LogP contribution in [0.3, 0.4) is 0 Å². The van der Waals surface area contributed by atoms with Gasteiger partial charge in [-0.2, -0.15) is 0 Å². The van der Waals surface area contributed by atoms with Gasteiger partial charge < -0.3 is 14.5 Å². The van der Waals surface area contributed by atoms with Gasteiger partial charge in [0.2, 0.25) is 10.0 Å². The Bertz CT molecular complexity index is 702. The smallest absolute Gasteiger partial charge is 0.409 e. The van der Waals surface area contributed by atoms with E-state index in [1.54, 1.807) is 9.80 Å². The van der Waals surface area contributed by atoms with Crippen LogP contribution in [0.25, 0.3) is 0 Å². The Morgan fingerprint density at radius 3 is 2.21 bits per heavy atom. The van der Waals surface area contributed by atoms with Crippen LogP contribution in [0.5, 0.6) is 0 Å². The first-order valence-corrected chi connectivity index (χ1v) is 9.03. The predicted molar refractivity (Wildman–Crippen MR) is 87.2 cm³/mol. The van der Waals surface area contributed by atoms with Gasteiger partial charge in [-0.15, -0.1) is 0 Å². The third-order valence-electron chi connectivity index (χ3n) is 3.90. The summed E-state index contributed by atoms with van der Waals surface area (Å²) in [6, 6.07) is 5.79. The van der Waals surface area contributed by atoms with Crippen molar-refractivity contribution in [2.24, 2.45) is 0 Å². The van der Waals surface area contributed by atoms with E-state index < -0.39 is 16.1 Å². The number of hydrogen-bond donors (Lipinski definition) is 1. The summed E-state index contributed by atoms with van der Waals surface area (Å²) in [6.07, 6.45) is 0.262. The largest absolute Gasteiger partial charge is 0.453 e. The van der Waals surface area contributed by atoms with Crippen molar-refractivity contribution in [2.45, 2.75) is 11.3 Å². The molecule has 1 aromatic rings. The molecule has 24 heavy (non-hydrogen) atoms. The van der Waals surface area contributed by atoms with Gasteiger partial charge in [-0.1, -0.05) is 0 Å². The number of amides is 2.